The number of hydrogen-bond acceptors (Lipinski definition) is 5. The van der Waals surface area contributed by atoms with Crippen molar-refractivity contribution in [2.75, 3.05) is 0 Å². The van der Waals surface area contributed by atoms with Crippen LogP contribution in [-0.2, 0) is 11.3 Å². The van der Waals surface area contributed by atoms with Crippen molar-refractivity contribution < 1.29 is 4.79 Å². The molecule has 0 spiro atoms. The van der Waals surface area contributed by atoms with Crippen LogP contribution in [0.2, 0.25) is 0 Å². The van der Waals surface area contributed by atoms with E-state index in [1.54, 1.807) is 12.4 Å². The van der Waals surface area contributed by atoms with Crippen molar-refractivity contribution in [3.05, 3.63) is 37.2 Å². The van der Waals surface area contributed by atoms with Gasteiger partial charge in [-0.15, -0.1) is 16.8 Å². The van der Waals surface area contributed by atoms with Crippen LogP contribution in [-0.4, -0.2) is 36.9 Å². The van der Waals surface area contributed by atoms with Crippen molar-refractivity contribution in [3.8, 4) is 11.4 Å². The summed E-state index contributed by atoms with van der Waals surface area (Å²) < 4.78 is 1.98. The predicted octanol–water partition coefficient (Wildman–Crippen LogP) is 3.46. The first-order valence-corrected chi connectivity index (χ1v) is 9.98. The average Bonchev–Trinajstić information content (AvgIpc) is 3.06. The number of aromatic nitrogens is 4. The van der Waals surface area contributed by atoms with Crippen molar-refractivity contribution in [2.24, 2.45) is 0 Å². The summed E-state index contributed by atoms with van der Waals surface area (Å²) in [5, 5.41) is 12.3. The lowest BCUT2D eigenvalue weighted by molar-refractivity contribution is -0.121. The summed E-state index contributed by atoms with van der Waals surface area (Å²) in [6.45, 7) is 6.33. The van der Waals surface area contributed by atoms with Gasteiger partial charge in [0.2, 0.25) is 5.91 Å². The van der Waals surface area contributed by atoms with Gasteiger partial charge in [0.05, 0.1) is 5.25 Å². The Morgan fingerprint density at radius 3 is 2.77 bits per heavy atom. The maximum absolute atomic E-state index is 12.5. The van der Waals surface area contributed by atoms with Crippen LogP contribution in [0.5, 0.6) is 0 Å². The molecule has 3 rings (SSSR count). The number of nitrogens with one attached hydrogen (secondary N) is 1. The topological polar surface area (TPSA) is 72.7 Å². The van der Waals surface area contributed by atoms with E-state index in [-0.39, 0.29) is 11.2 Å². The molecular formula is C19H25N5OS. The third kappa shape index (κ3) is 4.52. The first-order chi connectivity index (χ1) is 12.7. The number of carbonyl (C=O) groups excluding carboxylic acids is 1. The van der Waals surface area contributed by atoms with Crippen LogP contribution in [0, 0.1) is 0 Å². The van der Waals surface area contributed by atoms with Gasteiger partial charge in [-0.3, -0.25) is 14.3 Å². The molecule has 7 heteroatoms. The van der Waals surface area contributed by atoms with Crippen molar-refractivity contribution in [2.45, 2.75) is 62.0 Å². The quantitative estimate of drug-likeness (QED) is 0.596. The second kappa shape index (κ2) is 8.98. The summed E-state index contributed by atoms with van der Waals surface area (Å²) in [7, 11) is 0. The average molecular weight is 372 g/mol. The molecule has 0 bridgehead atoms. The zero-order chi connectivity index (χ0) is 18.4. The third-order valence-electron chi connectivity index (χ3n) is 4.57. The van der Waals surface area contributed by atoms with Gasteiger partial charge in [-0.1, -0.05) is 37.1 Å². The van der Waals surface area contributed by atoms with E-state index in [0.717, 1.165) is 29.4 Å². The Morgan fingerprint density at radius 2 is 2.08 bits per heavy atom. The number of carbonyl (C=O) groups is 1. The maximum Gasteiger partial charge on any atom is 0.233 e. The third-order valence-corrected chi connectivity index (χ3v) is 5.65. The number of pyridine rings is 1. The van der Waals surface area contributed by atoms with E-state index < -0.39 is 0 Å². The van der Waals surface area contributed by atoms with E-state index in [9.17, 15) is 4.79 Å². The summed E-state index contributed by atoms with van der Waals surface area (Å²) in [6.07, 6.45) is 11.1. The molecule has 0 aliphatic heterocycles. The minimum absolute atomic E-state index is 0.0699. The predicted molar refractivity (Wildman–Crippen MR) is 104 cm³/mol. The van der Waals surface area contributed by atoms with Gasteiger partial charge in [0.15, 0.2) is 11.0 Å². The Bertz CT molecular complexity index is 740. The summed E-state index contributed by atoms with van der Waals surface area (Å²) in [5.41, 5.74) is 0.945. The van der Waals surface area contributed by atoms with E-state index in [1.165, 1.54) is 31.0 Å². The molecule has 2 aromatic heterocycles. The van der Waals surface area contributed by atoms with Crippen molar-refractivity contribution in [3.63, 3.8) is 0 Å². The van der Waals surface area contributed by atoms with Crippen LogP contribution in [0.1, 0.15) is 39.0 Å². The number of nitrogens with zero attached hydrogens (tertiary/aromatic N) is 4. The van der Waals surface area contributed by atoms with Gasteiger partial charge in [-0.2, -0.15) is 0 Å². The van der Waals surface area contributed by atoms with Crippen LogP contribution in [0.15, 0.2) is 42.3 Å². The molecule has 1 aliphatic carbocycles. The van der Waals surface area contributed by atoms with Crippen LogP contribution in [0.4, 0.5) is 0 Å². The SMILES string of the molecule is C=CCn1c(S[C@H](C)C(=O)NC2CCCCC2)nnc1-c1ccncc1. The number of thioether (sulfide) groups is 1. The molecule has 1 N–H and O–H groups in total. The van der Waals surface area contributed by atoms with Crippen molar-refractivity contribution >= 4 is 17.7 Å². The van der Waals surface area contributed by atoms with E-state index in [1.807, 2.05) is 29.7 Å². The fraction of sp³-hybridized carbons (Fsp3) is 0.474. The number of amides is 1. The molecule has 138 valence electrons. The van der Waals surface area contributed by atoms with Crippen molar-refractivity contribution in [1.29, 1.82) is 0 Å². The maximum atomic E-state index is 12.5. The lowest BCUT2D eigenvalue weighted by Crippen LogP contribution is -2.40. The monoisotopic (exact) mass is 371 g/mol. The van der Waals surface area contributed by atoms with Gasteiger partial charge in [-0.25, -0.2) is 0 Å². The molecule has 1 amide bonds. The van der Waals surface area contributed by atoms with Gasteiger partial charge in [0, 0.05) is 30.5 Å². The lowest BCUT2D eigenvalue weighted by Gasteiger charge is -2.24. The summed E-state index contributed by atoms with van der Waals surface area (Å²) in [6, 6.07) is 4.12. The minimum atomic E-state index is -0.227. The second-order valence-electron chi connectivity index (χ2n) is 6.54. The molecule has 6 nitrogen and oxygen atoms in total. The van der Waals surface area contributed by atoms with Gasteiger partial charge < -0.3 is 5.32 Å². The fourth-order valence-electron chi connectivity index (χ4n) is 3.16. The first kappa shape index (κ1) is 18.6. The van der Waals surface area contributed by atoms with Crippen molar-refractivity contribution in [1.82, 2.24) is 25.1 Å². The summed E-state index contributed by atoms with van der Waals surface area (Å²) >= 11 is 1.44. The fourth-order valence-corrected chi connectivity index (χ4v) is 4.03. The van der Waals surface area contributed by atoms with Crippen LogP contribution >= 0.6 is 11.8 Å². The normalized spacial score (nSPS) is 16.2. The van der Waals surface area contributed by atoms with E-state index in [0.29, 0.717) is 12.6 Å². The molecule has 0 unspecified atom stereocenters. The first-order valence-electron chi connectivity index (χ1n) is 9.10. The number of rotatable bonds is 7. The molecule has 26 heavy (non-hydrogen) atoms. The standard InChI is InChI=1S/C19H25N5OS/c1-3-13-24-17(15-9-11-20-12-10-15)22-23-19(24)26-14(2)18(25)21-16-7-5-4-6-8-16/h3,9-12,14,16H,1,4-8,13H2,2H3,(H,21,25)/t14-/m1/s1. The molecule has 0 aromatic carbocycles. The van der Waals surface area contributed by atoms with Gasteiger partial charge >= 0.3 is 0 Å². The van der Waals surface area contributed by atoms with Crippen LogP contribution in [0.3, 0.4) is 0 Å². The highest BCUT2D eigenvalue weighted by atomic mass is 32.2. The Morgan fingerprint density at radius 1 is 1.35 bits per heavy atom. The molecule has 0 saturated heterocycles. The van der Waals surface area contributed by atoms with E-state index >= 15 is 0 Å². The van der Waals surface area contributed by atoms with E-state index in [4.69, 9.17) is 0 Å². The smallest absolute Gasteiger partial charge is 0.233 e. The number of allylic oxidation sites excluding steroid dienone is 1. The molecule has 2 aromatic rings. The largest absolute Gasteiger partial charge is 0.352 e. The Hall–Kier alpha value is -2.15. The van der Waals surface area contributed by atoms with Gasteiger partial charge in [0.1, 0.15) is 0 Å². The zero-order valence-corrected chi connectivity index (χ0v) is 15.9. The molecule has 1 fully saturated rings. The Labute approximate surface area is 158 Å². The van der Waals surface area contributed by atoms with Crippen LogP contribution < -0.4 is 5.32 Å². The lowest BCUT2D eigenvalue weighted by atomic mass is 9.95. The highest BCUT2D eigenvalue weighted by Gasteiger charge is 2.23. The molecule has 1 atom stereocenters. The van der Waals surface area contributed by atoms with Crippen LogP contribution in [0.25, 0.3) is 11.4 Å². The highest BCUT2D eigenvalue weighted by Crippen LogP contribution is 2.27. The molecule has 0 radical (unpaired) electrons. The molecule has 1 aliphatic rings. The molecule has 1 saturated carbocycles. The van der Waals surface area contributed by atoms with Gasteiger partial charge in [0.25, 0.3) is 0 Å². The van der Waals surface area contributed by atoms with E-state index in [2.05, 4.69) is 27.1 Å². The summed E-state index contributed by atoms with van der Waals surface area (Å²) in [4.78, 5) is 16.6. The minimum Gasteiger partial charge on any atom is -0.352 e. The Kier molecular flexibility index (Phi) is 6.44. The second-order valence-corrected chi connectivity index (χ2v) is 7.85. The molecular weight excluding hydrogens is 346 g/mol. The van der Waals surface area contributed by atoms with Gasteiger partial charge in [-0.05, 0) is 31.9 Å². The zero-order valence-electron chi connectivity index (χ0n) is 15.1. The Balaban J connectivity index is 1.71. The summed E-state index contributed by atoms with van der Waals surface area (Å²) in [5.74, 6) is 0.829. The highest BCUT2D eigenvalue weighted by molar-refractivity contribution is 8.00. The molecule has 2 heterocycles. The number of hydrogen-bond donors (Lipinski definition) is 1.